The van der Waals surface area contributed by atoms with E-state index in [0.717, 1.165) is 37.3 Å². The van der Waals surface area contributed by atoms with E-state index in [1.54, 1.807) is 0 Å². The molecule has 100 valence electrons. The summed E-state index contributed by atoms with van der Waals surface area (Å²) >= 11 is 0. The Balaban J connectivity index is 1.91. The molecule has 0 amide bonds. The summed E-state index contributed by atoms with van der Waals surface area (Å²) in [4.78, 5) is 7.07. The third-order valence-electron chi connectivity index (χ3n) is 3.87. The molecule has 0 bridgehead atoms. The first-order valence-electron chi connectivity index (χ1n) is 7.05. The van der Waals surface area contributed by atoms with Crippen LogP contribution in [-0.2, 0) is 6.54 Å². The van der Waals surface area contributed by atoms with Gasteiger partial charge in [0.25, 0.3) is 0 Å². The van der Waals surface area contributed by atoms with E-state index in [0.29, 0.717) is 6.04 Å². The van der Waals surface area contributed by atoms with Gasteiger partial charge in [0.15, 0.2) is 0 Å². The fraction of sp³-hybridized carbons (Fsp3) is 0.438. The lowest BCUT2D eigenvalue weighted by Gasteiger charge is -2.31. The van der Waals surface area contributed by atoms with E-state index >= 15 is 0 Å². The van der Waals surface area contributed by atoms with Gasteiger partial charge in [-0.05, 0) is 44.0 Å². The Kier molecular flexibility index (Phi) is 3.49. The molecule has 2 N–H and O–H groups in total. The van der Waals surface area contributed by atoms with Crippen molar-refractivity contribution in [2.45, 2.75) is 32.4 Å². The number of aromatic nitrogens is 1. The molecular formula is C16H21N3. The molecule has 0 radical (unpaired) electrons. The van der Waals surface area contributed by atoms with Crippen LogP contribution in [-0.4, -0.2) is 29.0 Å². The summed E-state index contributed by atoms with van der Waals surface area (Å²) in [6.45, 7) is 5.22. The molecule has 3 rings (SSSR count). The summed E-state index contributed by atoms with van der Waals surface area (Å²) in [5, 5.41) is 1.27. The summed E-state index contributed by atoms with van der Waals surface area (Å²) in [6, 6.07) is 10.9. The number of para-hydroxylation sites is 1. The predicted molar refractivity (Wildman–Crippen MR) is 79.0 cm³/mol. The molecule has 0 saturated carbocycles. The van der Waals surface area contributed by atoms with Crippen LogP contribution >= 0.6 is 0 Å². The number of piperidine rings is 1. The Bertz CT molecular complexity index is 579. The Hall–Kier alpha value is -1.45. The zero-order valence-electron chi connectivity index (χ0n) is 11.5. The number of rotatable bonds is 2. The summed E-state index contributed by atoms with van der Waals surface area (Å²) in [7, 11) is 0. The highest BCUT2D eigenvalue weighted by Gasteiger charge is 2.17. The zero-order valence-corrected chi connectivity index (χ0v) is 11.5. The van der Waals surface area contributed by atoms with E-state index in [4.69, 9.17) is 5.73 Å². The minimum Gasteiger partial charge on any atom is -0.327 e. The first-order valence-corrected chi connectivity index (χ1v) is 7.05. The number of aryl methyl sites for hydroxylation is 1. The molecule has 1 atom stereocenters. The lowest BCUT2D eigenvalue weighted by atomic mass is 10.0. The average molecular weight is 255 g/mol. The number of nitrogens with zero attached hydrogens (tertiary/aromatic N) is 2. The van der Waals surface area contributed by atoms with Gasteiger partial charge in [-0.25, -0.2) is 0 Å². The third kappa shape index (κ3) is 2.77. The molecule has 1 aromatic heterocycles. The zero-order chi connectivity index (χ0) is 13.2. The number of likely N-dealkylation sites (tertiary alicyclic amines) is 1. The van der Waals surface area contributed by atoms with Crippen molar-refractivity contribution < 1.29 is 0 Å². The highest BCUT2D eigenvalue weighted by atomic mass is 15.1. The van der Waals surface area contributed by atoms with Crippen LogP contribution in [0.15, 0.2) is 30.3 Å². The summed E-state index contributed by atoms with van der Waals surface area (Å²) < 4.78 is 0. The second-order valence-electron chi connectivity index (χ2n) is 5.58. The van der Waals surface area contributed by atoms with Gasteiger partial charge < -0.3 is 5.73 Å². The number of hydrogen-bond acceptors (Lipinski definition) is 3. The second-order valence-corrected chi connectivity index (χ2v) is 5.58. The van der Waals surface area contributed by atoms with Crippen molar-refractivity contribution in [2.24, 2.45) is 5.73 Å². The number of pyridine rings is 1. The Morgan fingerprint density at radius 3 is 3.05 bits per heavy atom. The largest absolute Gasteiger partial charge is 0.327 e. The van der Waals surface area contributed by atoms with Crippen molar-refractivity contribution in [1.29, 1.82) is 0 Å². The molecule has 2 aromatic rings. The SMILES string of the molecule is Cc1cc(CN2CCCC(N)C2)c2ccccc2n1. The standard InChI is InChI=1S/C16H21N3/c1-12-9-13(10-19-8-4-5-14(17)11-19)15-6-2-3-7-16(15)18-12/h2-3,6-7,9,14H,4-5,8,10-11,17H2,1H3. The smallest absolute Gasteiger partial charge is 0.0708 e. The first kappa shape index (κ1) is 12.6. The molecule has 3 heteroatoms. The maximum Gasteiger partial charge on any atom is 0.0708 e. The van der Waals surface area contributed by atoms with Gasteiger partial charge in [-0.2, -0.15) is 0 Å². The molecular weight excluding hydrogens is 234 g/mol. The van der Waals surface area contributed by atoms with E-state index in [-0.39, 0.29) is 0 Å². The van der Waals surface area contributed by atoms with E-state index in [1.807, 2.05) is 0 Å². The Morgan fingerprint density at radius 2 is 2.21 bits per heavy atom. The molecule has 3 nitrogen and oxygen atoms in total. The highest BCUT2D eigenvalue weighted by molar-refractivity contribution is 5.82. The normalized spacial score (nSPS) is 20.8. The van der Waals surface area contributed by atoms with E-state index in [9.17, 15) is 0 Å². The highest BCUT2D eigenvalue weighted by Crippen LogP contribution is 2.21. The van der Waals surface area contributed by atoms with Crippen molar-refractivity contribution >= 4 is 10.9 Å². The van der Waals surface area contributed by atoms with Crippen molar-refractivity contribution in [3.05, 3.63) is 41.6 Å². The van der Waals surface area contributed by atoms with E-state index < -0.39 is 0 Å². The van der Waals surface area contributed by atoms with Crippen LogP contribution in [0.1, 0.15) is 24.1 Å². The topological polar surface area (TPSA) is 42.1 Å². The number of benzene rings is 1. The maximum absolute atomic E-state index is 6.07. The predicted octanol–water partition coefficient (Wildman–Crippen LogP) is 2.47. The van der Waals surface area contributed by atoms with Gasteiger partial charge in [0, 0.05) is 30.2 Å². The first-order chi connectivity index (χ1) is 9.22. The van der Waals surface area contributed by atoms with Gasteiger partial charge in [-0.1, -0.05) is 18.2 Å². The van der Waals surface area contributed by atoms with Gasteiger partial charge in [-0.3, -0.25) is 9.88 Å². The van der Waals surface area contributed by atoms with Gasteiger partial charge in [-0.15, -0.1) is 0 Å². The van der Waals surface area contributed by atoms with Crippen LogP contribution in [0.4, 0.5) is 0 Å². The van der Waals surface area contributed by atoms with Crippen molar-refractivity contribution in [2.75, 3.05) is 13.1 Å². The minimum absolute atomic E-state index is 0.336. The monoisotopic (exact) mass is 255 g/mol. The molecule has 1 fully saturated rings. The number of nitrogens with two attached hydrogens (primary N) is 1. The Morgan fingerprint density at radius 1 is 1.37 bits per heavy atom. The molecule has 2 heterocycles. The van der Waals surface area contributed by atoms with Gasteiger partial charge in [0.2, 0.25) is 0 Å². The fourth-order valence-corrected chi connectivity index (χ4v) is 3.00. The summed E-state index contributed by atoms with van der Waals surface area (Å²) in [5.41, 5.74) is 9.63. The minimum atomic E-state index is 0.336. The molecule has 19 heavy (non-hydrogen) atoms. The fourth-order valence-electron chi connectivity index (χ4n) is 3.00. The summed E-state index contributed by atoms with van der Waals surface area (Å²) in [6.07, 6.45) is 2.37. The third-order valence-corrected chi connectivity index (χ3v) is 3.87. The Labute approximate surface area is 114 Å². The molecule has 1 aliphatic rings. The molecule has 1 aliphatic heterocycles. The number of hydrogen-bond donors (Lipinski definition) is 1. The van der Waals surface area contributed by atoms with Crippen LogP contribution in [0.25, 0.3) is 10.9 Å². The van der Waals surface area contributed by atoms with Gasteiger partial charge in [0.05, 0.1) is 5.52 Å². The molecule has 1 unspecified atom stereocenters. The van der Waals surface area contributed by atoms with Crippen LogP contribution in [0.3, 0.4) is 0 Å². The van der Waals surface area contributed by atoms with Gasteiger partial charge >= 0.3 is 0 Å². The quantitative estimate of drug-likeness (QED) is 0.896. The molecule has 0 spiro atoms. The van der Waals surface area contributed by atoms with Crippen LogP contribution in [0, 0.1) is 6.92 Å². The van der Waals surface area contributed by atoms with Crippen LogP contribution in [0.5, 0.6) is 0 Å². The summed E-state index contributed by atoms with van der Waals surface area (Å²) in [5.74, 6) is 0. The number of fused-ring (bicyclic) bond motifs is 1. The van der Waals surface area contributed by atoms with E-state index in [2.05, 4.69) is 47.1 Å². The lowest BCUT2D eigenvalue weighted by Crippen LogP contribution is -2.42. The van der Waals surface area contributed by atoms with Crippen molar-refractivity contribution in [1.82, 2.24) is 9.88 Å². The molecule has 1 aromatic carbocycles. The van der Waals surface area contributed by atoms with Crippen molar-refractivity contribution in [3.63, 3.8) is 0 Å². The van der Waals surface area contributed by atoms with Gasteiger partial charge in [0.1, 0.15) is 0 Å². The molecule has 1 saturated heterocycles. The van der Waals surface area contributed by atoms with Crippen LogP contribution < -0.4 is 5.73 Å². The van der Waals surface area contributed by atoms with Crippen LogP contribution in [0.2, 0.25) is 0 Å². The van der Waals surface area contributed by atoms with Crippen molar-refractivity contribution in [3.8, 4) is 0 Å². The maximum atomic E-state index is 6.07. The average Bonchev–Trinajstić information content (AvgIpc) is 2.38. The second kappa shape index (κ2) is 5.27. The lowest BCUT2D eigenvalue weighted by molar-refractivity contribution is 0.202. The van der Waals surface area contributed by atoms with E-state index in [1.165, 1.54) is 17.4 Å². The molecule has 0 aliphatic carbocycles.